The summed E-state index contributed by atoms with van der Waals surface area (Å²) in [5.41, 5.74) is 1.00. The molecule has 0 bridgehead atoms. The Morgan fingerprint density at radius 1 is 1.47 bits per heavy atom. The molecule has 0 heterocycles. The van der Waals surface area contributed by atoms with Gasteiger partial charge in [0.2, 0.25) is 0 Å². The molecule has 3 nitrogen and oxygen atoms in total. The molecule has 1 aromatic rings. The average molecular weight is 279 g/mol. The van der Waals surface area contributed by atoms with Crippen LogP contribution in [0.5, 0.6) is 5.75 Å². The summed E-state index contributed by atoms with van der Waals surface area (Å²) in [4.78, 5) is 0. The summed E-state index contributed by atoms with van der Waals surface area (Å²) in [5.74, 6) is 0.810. The number of aliphatic hydroxyl groups excluding tert-OH is 1. The summed E-state index contributed by atoms with van der Waals surface area (Å²) >= 11 is 5.92. The van der Waals surface area contributed by atoms with Crippen molar-refractivity contribution in [3.8, 4) is 5.75 Å². The molecule has 0 aromatic heterocycles. The third-order valence-electron chi connectivity index (χ3n) is 2.54. The fourth-order valence-electron chi connectivity index (χ4n) is 1.48. The number of rotatable bonds is 6. The highest BCUT2D eigenvalue weighted by Gasteiger charge is 2.07. The Balaban J connectivity index is 0.00000256. The number of hydrogen-bond donors (Lipinski definition) is 2. The van der Waals surface area contributed by atoms with Crippen LogP contribution in [0, 0.1) is 0 Å². The van der Waals surface area contributed by atoms with Gasteiger partial charge in [0.25, 0.3) is 0 Å². The number of nitrogens with one attached hydrogen (secondary N) is 1. The van der Waals surface area contributed by atoms with Crippen LogP contribution in [0.2, 0.25) is 5.02 Å². The maximum Gasteiger partial charge on any atom is 0.123 e. The second-order valence-corrected chi connectivity index (χ2v) is 4.06. The van der Waals surface area contributed by atoms with Gasteiger partial charge in [-0.05, 0) is 24.6 Å². The van der Waals surface area contributed by atoms with Crippen LogP contribution in [0.15, 0.2) is 18.2 Å². The van der Waals surface area contributed by atoms with Gasteiger partial charge in [-0.1, -0.05) is 18.5 Å². The molecule has 1 unspecified atom stereocenters. The molecule has 2 N–H and O–H groups in total. The number of benzene rings is 1. The third-order valence-corrected chi connectivity index (χ3v) is 2.77. The van der Waals surface area contributed by atoms with Gasteiger partial charge in [-0.3, -0.25) is 0 Å². The van der Waals surface area contributed by atoms with Crippen molar-refractivity contribution in [2.75, 3.05) is 13.7 Å². The van der Waals surface area contributed by atoms with E-state index in [1.807, 2.05) is 19.1 Å². The van der Waals surface area contributed by atoms with Crippen molar-refractivity contribution >= 4 is 11.6 Å². The summed E-state index contributed by atoms with van der Waals surface area (Å²) in [5, 5.41) is 13.0. The maximum absolute atomic E-state index is 9.07. The number of ether oxygens (including phenoxy) is 1. The molecule has 5 heteroatoms. The lowest BCUT2D eigenvalue weighted by Gasteiger charge is -2.15. The van der Waals surface area contributed by atoms with Gasteiger partial charge in [-0.25, -0.2) is 0 Å². The normalized spacial score (nSPS) is 11.8. The van der Waals surface area contributed by atoms with E-state index in [4.69, 9.17) is 21.4 Å². The minimum atomic E-state index is 0. The Kier molecular flexibility index (Phi) is 8.35. The molecule has 0 aliphatic rings. The van der Waals surface area contributed by atoms with Crippen molar-refractivity contribution in [2.45, 2.75) is 25.9 Å². The van der Waals surface area contributed by atoms with E-state index in [1.54, 1.807) is 13.2 Å². The first-order valence-corrected chi connectivity index (χ1v) is 5.75. The van der Waals surface area contributed by atoms with Crippen LogP contribution in [0.3, 0.4) is 0 Å². The van der Waals surface area contributed by atoms with Crippen LogP contribution in [-0.2, 0) is 6.54 Å². The zero-order valence-corrected chi connectivity index (χ0v) is 11.6. The second kappa shape index (κ2) is 8.59. The Morgan fingerprint density at radius 2 is 2.18 bits per heavy atom. The van der Waals surface area contributed by atoms with Crippen molar-refractivity contribution in [3.63, 3.8) is 0 Å². The van der Waals surface area contributed by atoms with Crippen molar-refractivity contribution in [3.05, 3.63) is 28.8 Å². The van der Waals surface area contributed by atoms with Gasteiger partial charge in [0.1, 0.15) is 5.75 Å². The lowest BCUT2D eigenvalue weighted by molar-refractivity contribution is -0.00000458. The van der Waals surface area contributed by atoms with Crippen molar-refractivity contribution in [2.24, 2.45) is 0 Å². The van der Waals surface area contributed by atoms with Crippen LogP contribution in [0.25, 0.3) is 0 Å². The van der Waals surface area contributed by atoms with Crippen molar-refractivity contribution < 1.29 is 22.3 Å². The van der Waals surface area contributed by atoms with E-state index in [2.05, 4.69) is 5.32 Å². The molecular weight excluding hydrogens is 261 g/mol. The number of methoxy groups -OCH3 is 1. The Hall–Kier alpha value is -0.480. The highest BCUT2D eigenvalue weighted by Crippen LogP contribution is 2.22. The first-order valence-electron chi connectivity index (χ1n) is 5.38. The van der Waals surface area contributed by atoms with E-state index in [1.165, 1.54) is 0 Å². The summed E-state index contributed by atoms with van der Waals surface area (Å²) in [6, 6.07) is 5.63. The molecule has 1 rings (SSSR count). The van der Waals surface area contributed by atoms with Crippen LogP contribution >= 0.6 is 11.6 Å². The van der Waals surface area contributed by atoms with Gasteiger partial charge < -0.3 is 27.6 Å². The van der Waals surface area contributed by atoms with Gasteiger partial charge in [0.15, 0.2) is 0 Å². The molecule has 0 amide bonds. The highest BCUT2D eigenvalue weighted by atomic mass is 35.5. The lowest BCUT2D eigenvalue weighted by Crippen LogP contribution is -3.00. The molecular formula is C12H18Cl2NO2-. The predicted molar refractivity (Wildman–Crippen MR) is 66.0 cm³/mol. The summed E-state index contributed by atoms with van der Waals surface area (Å²) in [7, 11) is 1.64. The van der Waals surface area contributed by atoms with Crippen LogP contribution in [0.1, 0.15) is 18.9 Å². The van der Waals surface area contributed by atoms with E-state index in [0.29, 0.717) is 11.6 Å². The van der Waals surface area contributed by atoms with Gasteiger partial charge >= 0.3 is 0 Å². The number of halogens is 2. The van der Waals surface area contributed by atoms with Crippen molar-refractivity contribution in [1.29, 1.82) is 0 Å². The molecule has 1 atom stereocenters. The fraction of sp³-hybridized carbons (Fsp3) is 0.500. The SMILES string of the molecule is CCC(CO)NCc1cc(Cl)ccc1OC.[Cl-]. The molecule has 0 fully saturated rings. The quantitative estimate of drug-likeness (QED) is 0.717. The van der Waals surface area contributed by atoms with Crippen LogP contribution in [0.4, 0.5) is 0 Å². The average Bonchev–Trinajstić information content (AvgIpc) is 2.30. The minimum Gasteiger partial charge on any atom is -1.00 e. The first kappa shape index (κ1) is 16.5. The molecule has 1 aromatic carbocycles. The van der Waals surface area contributed by atoms with Crippen molar-refractivity contribution in [1.82, 2.24) is 5.32 Å². The fourth-order valence-corrected chi connectivity index (χ4v) is 1.67. The molecule has 98 valence electrons. The highest BCUT2D eigenvalue weighted by molar-refractivity contribution is 6.30. The van der Waals surface area contributed by atoms with Gasteiger partial charge in [-0.2, -0.15) is 0 Å². The third kappa shape index (κ3) is 5.13. The zero-order chi connectivity index (χ0) is 12.0. The molecule has 0 spiro atoms. The van der Waals surface area contributed by atoms with E-state index < -0.39 is 0 Å². The molecule has 0 aliphatic heterocycles. The molecule has 0 radical (unpaired) electrons. The van der Waals surface area contributed by atoms with Gasteiger partial charge in [-0.15, -0.1) is 0 Å². The zero-order valence-electron chi connectivity index (χ0n) is 10.0. The Bertz CT molecular complexity index is 330. The minimum absolute atomic E-state index is 0. The summed E-state index contributed by atoms with van der Waals surface area (Å²) in [6.45, 7) is 2.81. The number of hydrogen-bond acceptors (Lipinski definition) is 3. The van der Waals surface area contributed by atoms with Gasteiger partial charge in [0, 0.05) is 23.2 Å². The predicted octanol–water partition coefficient (Wildman–Crippen LogP) is -0.787. The van der Waals surface area contributed by atoms with E-state index in [9.17, 15) is 0 Å². The summed E-state index contributed by atoms with van der Waals surface area (Å²) in [6.07, 6.45) is 0.888. The van der Waals surface area contributed by atoms with E-state index >= 15 is 0 Å². The van der Waals surface area contributed by atoms with Crippen LogP contribution in [-0.4, -0.2) is 24.9 Å². The monoisotopic (exact) mass is 278 g/mol. The van der Waals surface area contributed by atoms with E-state index in [-0.39, 0.29) is 25.1 Å². The molecule has 17 heavy (non-hydrogen) atoms. The molecule has 0 aliphatic carbocycles. The standard InChI is InChI=1S/C12H18ClNO2.ClH/c1-3-11(8-15)14-7-9-6-10(13)4-5-12(9)16-2;/h4-6,11,14-15H,3,7-8H2,1-2H3;1H/p-1. The van der Waals surface area contributed by atoms with E-state index in [0.717, 1.165) is 17.7 Å². The lowest BCUT2D eigenvalue weighted by atomic mass is 10.1. The second-order valence-electron chi connectivity index (χ2n) is 3.62. The maximum atomic E-state index is 9.07. The first-order chi connectivity index (χ1) is 7.71. The Labute approximate surface area is 114 Å². The summed E-state index contributed by atoms with van der Waals surface area (Å²) < 4.78 is 5.24. The Morgan fingerprint density at radius 3 is 2.71 bits per heavy atom. The number of aliphatic hydroxyl groups is 1. The molecule has 0 saturated carbocycles. The van der Waals surface area contributed by atoms with Crippen LogP contribution < -0.4 is 22.5 Å². The molecule has 0 saturated heterocycles. The smallest absolute Gasteiger partial charge is 0.123 e. The van der Waals surface area contributed by atoms with Gasteiger partial charge in [0.05, 0.1) is 13.7 Å². The largest absolute Gasteiger partial charge is 1.00 e. The topological polar surface area (TPSA) is 41.5 Å².